The number of rotatable bonds is 2. The average Bonchev–Trinajstić information content (AvgIpc) is 2.90. The van der Waals surface area contributed by atoms with Gasteiger partial charge in [0.1, 0.15) is 0 Å². The summed E-state index contributed by atoms with van der Waals surface area (Å²) in [4.78, 5) is 4.17. The van der Waals surface area contributed by atoms with E-state index in [9.17, 15) is 0 Å². The van der Waals surface area contributed by atoms with Gasteiger partial charge in [0, 0.05) is 41.7 Å². The molecule has 0 saturated carbocycles. The average molecular weight is 228 g/mol. The summed E-state index contributed by atoms with van der Waals surface area (Å²) < 4.78 is 0. The van der Waals surface area contributed by atoms with Crippen LogP contribution in [0.4, 0.5) is 0 Å². The first kappa shape index (κ1) is 10.5. The van der Waals surface area contributed by atoms with E-state index in [0.717, 1.165) is 18.7 Å². The minimum Gasteiger partial charge on any atom is -0.316 e. The van der Waals surface area contributed by atoms with E-state index in [0.29, 0.717) is 5.92 Å². The summed E-state index contributed by atoms with van der Waals surface area (Å²) in [5, 5.41) is 10.8. The molecule has 0 bridgehead atoms. The molecule has 2 N–H and O–H groups in total. The molecule has 2 aromatic rings. The van der Waals surface area contributed by atoms with Gasteiger partial charge in [0.2, 0.25) is 0 Å². The molecule has 1 unspecified atom stereocenters. The molecule has 1 aliphatic heterocycles. The van der Waals surface area contributed by atoms with E-state index in [1.807, 2.05) is 18.5 Å². The van der Waals surface area contributed by atoms with Gasteiger partial charge in [-0.2, -0.15) is 5.10 Å². The number of nitrogens with one attached hydrogen (secondary N) is 2. The summed E-state index contributed by atoms with van der Waals surface area (Å²) in [6.45, 7) is 2.17. The van der Waals surface area contributed by atoms with Crippen molar-refractivity contribution in [1.29, 1.82) is 0 Å². The van der Waals surface area contributed by atoms with E-state index in [4.69, 9.17) is 0 Å². The molecule has 88 valence electrons. The van der Waals surface area contributed by atoms with Crippen LogP contribution in [-0.4, -0.2) is 28.3 Å². The van der Waals surface area contributed by atoms with Gasteiger partial charge >= 0.3 is 0 Å². The summed E-state index contributed by atoms with van der Waals surface area (Å²) >= 11 is 0. The zero-order valence-electron chi connectivity index (χ0n) is 9.69. The minimum absolute atomic E-state index is 0.543. The standard InChI is InChI=1S/C13H16N4/c1-3-10(7-14-5-1)12-9-16-17-13(12)11-4-2-6-15-8-11/h1,3,5,7,9,11,15H,2,4,6,8H2,(H,16,17). The fraction of sp³-hybridized carbons (Fsp3) is 0.385. The van der Waals surface area contributed by atoms with Crippen LogP contribution in [0.3, 0.4) is 0 Å². The molecule has 1 fully saturated rings. The third-order valence-corrected chi connectivity index (χ3v) is 3.35. The van der Waals surface area contributed by atoms with E-state index in [1.165, 1.54) is 24.1 Å². The fourth-order valence-corrected chi connectivity index (χ4v) is 2.46. The van der Waals surface area contributed by atoms with Gasteiger partial charge in [0.05, 0.1) is 6.20 Å². The lowest BCUT2D eigenvalue weighted by Crippen LogP contribution is -2.28. The van der Waals surface area contributed by atoms with Crippen LogP contribution in [0, 0.1) is 0 Å². The lowest BCUT2D eigenvalue weighted by molar-refractivity contribution is 0.455. The predicted molar refractivity (Wildman–Crippen MR) is 66.7 cm³/mol. The Morgan fingerprint density at radius 3 is 3.06 bits per heavy atom. The van der Waals surface area contributed by atoms with Gasteiger partial charge in [0.25, 0.3) is 0 Å². The lowest BCUT2D eigenvalue weighted by Gasteiger charge is -2.22. The molecule has 1 saturated heterocycles. The Morgan fingerprint density at radius 2 is 2.29 bits per heavy atom. The summed E-state index contributed by atoms with van der Waals surface area (Å²) in [7, 11) is 0. The van der Waals surface area contributed by atoms with Gasteiger partial charge in [-0.15, -0.1) is 0 Å². The zero-order chi connectivity index (χ0) is 11.5. The van der Waals surface area contributed by atoms with Gasteiger partial charge in [0.15, 0.2) is 0 Å². The number of pyridine rings is 1. The molecule has 0 spiro atoms. The Morgan fingerprint density at radius 1 is 1.29 bits per heavy atom. The number of nitrogens with zero attached hydrogens (tertiary/aromatic N) is 2. The van der Waals surface area contributed by atoms with Crippen LogP contribution < -0.4 is 5.32 Å². The second-order valence-corrected chi connectivity index (χ2v) is 4.48. The number of aromatic amines is 1. The summed E-state index contributed by atoms with van der Waals surface area (Å²) in [6.07, 6.45) is 8.05. The van der Waals surface area contributed by atoms with Crippen LogP contribution in [0.5, 0.6) is 0 Å². The van der Waals surface area contributed by atoms with Crippen LogP contribution >= 0.6 is 0 Å². The van der Waals surface area contributed by atoms with Crippen molar-refractivity contribution in [2.24, 2.45) is 0 Å². The second-order valence-electron chi connectivity index (χ2n) is 4.48. The normalized spacial score (nSPS) is 20.4. The molecule has 2 aromatic heterocycles. The zero-order valence-corrected chi connectivity index (χ0v) is 9.69. The van der Waals surface area contributed by atoms with Crippen molar-refractivity contribution in [3.63, 3.8) is 0 Å². The third kappa shape index (κ3) is 2.08. The van der Waals surface area contributed by atoms with Crippen molar-refractivity contribution in [2.75, 3.05) is 13.1 Å². The predicted octanol–water partition coefficient (Wildman–Crippen LogP) is 1.94. The van der Waals surface area contributed by atoms with E-state index >= 15 is 0 Å². The van der Waals surface area contributed by atoms with Gasteiger partial charge < -0.3 is 5.32 Å². The molecule has 4 heteroatoms. The highest BCUT2D eigenvalue weighted by Crippen LogP contribution is 2.30. The Labute approximate surface area is 100 Å². The van der Waals surface area contributed by atoms with Gasteiger partial charge in [-0.05, 0) is 25.5 Å². The van der Waals surface area contributed by atoms with Crippen LogP contribution in [0.2, 0.25) is 0 Å². The molecular weight excluding hydrogens is 212 g/mol. The molecule has 0 amide bonds. The van der Waals surface area contributed by atoms with Gasteiger partial charge in [-0.3, -0.25) is 10.1 Å². The van der Waals surface area contributed by atoms with Crippen LogP contribution in [-0.2, 0) is 0 Å². The SMILES string of the molecule is c1cncc(-c2cn[nH]c2C2CCCNC2)c1. The maximum atomic E-state index is 4.19. The fourth-order valence-electron chi connectivity index (χ4n) is 2.46. The first-order valence-corrected chi connectivity index (χ1v) is 6.09. The van der Waals surface area contributed by atoms with Crippen molar-refractivity contribution in [2.45, 2.75) is 18.8 Å². The van der Waals surface area contributed by atoms with Crippen LogP contribution in [0.15, 0.2) is 30.7 Å². The van der Waals surface area contributed by atoms with E-state index in [-0.39, 0.29) is 0 Å². The van der Waals surface area contributed by atoms with Crippen molar-refractivity contribution < 1.29 is 0 Å². The first-order chi connectivity index (χ1) is 8.45. The first-order valence-electron chi connectivity index (χ1n) is 6.09. The molecule has 0 radical (unpaired) electrons. The largest absolute Gasteiger partial charge is 0.316 e. The number of aromatic nitrogens is 3. The van der Waals surface area contributed by atoms with E-state index < -0.39 is 0 Å². The molecule has 3 rings (SSSR count). The molecule has 3 heterocycles. The van der Waals surface area contributed by atoms with E-state index in [2.05, 4.69) is 26.6 Å². The van der Waals surface area contributed by atoms with Gasteiger partial charge in [-0.25, -0.2) is 0 Å². The molecule has 17 heavy (non-hydrogen) atoms. The van der Waals surface area contributed by atoms with E-state index in [1.54, 1.807) is 6.20 Å². The monoisotopic (exact) mass is 228 g/mol. The number of piperidine rings is 1. The van der Waals surface area contributed by atoms with Gasteiger partial charge in [-0.1, -0.05) is 6.07 Å². The smallest absolute Gasteiger partial charge is 0.0569 e. The highest BCUT2D eigenvalue weighted by atomic mass is 15.1. The Hall–Kier alpha value is -1.68. The quantitative estimate of drug-likeness (QED) is 0.826. The summed E-state index contributed by atoms with van der Waals surface area (Å²) in [5.74, 6) is 0.543. The minimum atomic E-state index is 0.543. The Balaban J connectivity index is 1.93. The Bertz CT molecular complexity index is 471. The molecule has 0 aromatic carbocycles. The summed E-state index contributed by atoms with van der Waals surface area (Å²) in [5.41, 5.74) is 3.57. The van der Waals surface area contributed by atoms with Crippen molar-refractivity contribution in [1.82, 2.24) is 20.5 Å². The Kier molecular flexibility index (Phi) is 2.88. The number of hydrogen-bond donors (Lipinski definition) is 2. The highest BCUT2D eigenvalue weighted by Gasteiger charge is 2.20. The summed E-state index contributed by atoms with van der Waals surface area (Å²) in [6, 6.07) is 4.04. The van der Waals surface area contributed by atoms with Crippen molar-refractivity contribution >= 4 is 0 Å². The van der Waals surface area contributed by atoms with Crippen molar-refractivity contribution in [3.05, 3.63) is 36.4 Å². The molecule has 0 aliphatic carbocycles. The number of H-pyrrole nitrogens is 1. The van der Waals surface area contributed by atoms with Crippen LogP contribution in [0.1, 0.15) is 24.5 Å². The maximum Gasteiger partial charge on any atom is 0.0569 e. The molecule has 4 nitrogen and oxygen atoms in total. The third-order valence-electron chi connectivity index (χ3n) is 3.35. The second kappa shape index (κ2) is 4.67. The molecule has 1 atom stereocenters. The highest BCUT2D eigenvalue weighted by molar-refractivity contribution is 5.64. The molecular formula is C13H16N4. The maximum absolute atomic E-state index is 4.19. The lowest BCUT2D eigenvalue weighted by atomic mass is 9.92. The molecule has 1 aliphatic rings. The topological polar surface area (TPSA) is 53.6 Å². The van der Waals surface area contributed by atoms with Crippen molar-refractivity contribution in [3.8, 4) is 11.1 Å². The number of hydrogen-bond acceptors (Lipinski definition) is 3. The van der Waals surface area contributed by atoms with Crippen LogP contribution in [0.25, 0.3) is 11.1 Å².